The van der Waals surface area contributed by atoms with Gasteiger partial charge in [0.05, 0.1) is 0 Å². The van der Waals surface area contributed by atoms with Crippen LogP contribution in [0.4, 0.5) is 0 Å². The van der Waals surface area contributed by atoms with Crippen LogP contribution in [0.15, 0.2) is 223 Å². The third-order valence-electron chi connectivity index (χ3n) is 11.2. The fourth-order valence-electron chi connectivity index (χ4n) is 8.14. The summed E-state index contributed by atoms with van der Waals surface area (Å²) in [4.78, 5) is 19.9. The number of pyridine rings is 1. The molecule has 0 amide bonds. The molecule has 61 heavy (non-hydrogen) atoms. The molecule has 8 aromatic carbocycles. The molecule has 0 atom stereocenters. The third kappa shape index (κ3) is 7.04. The molecule has 0 spiro atoms. The first-order valence-electron chi connectivity index (χ1n) is 20.3. The molecule has 0 saturated heterocycles. The van der Waals surface area contributed by atoms with Gasteiger partial charge in [-0.15, -0.1) is 0 Å². The molecule has 286 valence electrons. The molecule has 3 heterocycles. The Morgan fingerprint density at radius 1 is 0.295 bits per heavy atom. The van der Waals surface area contributed by atoms with E-state index in [1.165, 1.54) is 0 Å². The smallest absolute Gasteiger partial charge is 0.164 e. The van der Waals surface area contributed by atoms with Gasteiger partial charge in [-0.1, -0.05) is 164 Å². The summed E-state index contributed by atoms with van der Waals surface area (Å²) in [7, 11) is 0. The Morgan fingerprint density at radius 3 is 1.38 bits per heavy atom. The maximum atomic E-state index is 6.60. The van der Waals surface area contributed by atoms with E-state index in [4.69, 9.17) is 19.4 Å². The van der Waals surface area contributed by atoms with Gasteiger partial charge < -0.3 is 4.42 Å². The lowest BCUT2D eigenvalue weighted by Crippen LogP contribution is -2.00. The molecule has 5 heteroatoms. The van der Waals surface area contributed by atoms with Crippen molar-refractivity contribution in [2.24, 2.45) is 0 Å². The molecular formula is C56H36N4O. The van der Waals surface area contributed by atoms with Crippen molar-refractivity contribution in [1.29, 1.82) is 0 Å². The molecule has 0 saturated carbocycles. The maximum absolute atomic E-state index is 6.60. The van der Waals surface area contributed by atoms with E-state index in [2.05, 4.69) is 181 Å². The van der Waals surface area contributed by atoms with E-state index < -0.39 is 0 Å². The van der Waals surface area contributed by atoms with Crippen molar-refractivity contribution in [3.05, 3.63) is 219 Å². The minimum Gasteiger partial charge on any atom is -0.456 e. The van der Waals surface area contributed by atoms with Crippen LogP contribution in [0.1, 0.15) is 0 Å². The van der Waals surface area contributed by atoms with Gasteiger partial charge in [0.25, 0.3) is 0 Å². The number of hydrogen-bond acceptors (Lipinski definition) is 5. The second kappa shape index (κ2) is 15.5. The van der Waals surface area contributed by atoms with Crippen LogP contribution in [0.25, 0.3) is 112 Å². The summed E-state index contributed by atoms with van der Waals surface area (Å²) in [6, 6.07) is 71.5. The van der Waals surface area contributed by atoms with Gasteiger partial charge in [-0.3, -0.25) is 4.98 Å². The quantitative estimate of drug-likeness (QED) is 0.154. The summed E-state index contributed by atoms with van der Waals surface area (Å²) in [5.41, 5.74) is 15.3. The van der Waals surface area contributed by atoms with Gasteiger partial charge in [0.15, 0.2) is 17.5 Å². The van der Waals surface area contributed by atoms with Gasteiger partial charge in [0.2, 0.25) is 0 Å². The van der Waals surface area contributed by atoms with Gasteiger partial charge in [-0.2, -0.15) is 0 Å². The molecule has 0 aliphatic carbocycles. The van der Waals surface area contributed by atoms with E-state index in [9.17, 15) is 0 Å². The molecule has 3 aromatic heterocycles. The molecule has 0 N–H and O–H groups in total. The fraction of sp³-hybridized carbons (Fsp3) is 0. The number of furan rings is 1. The minimum absolute atomic E-state index is 0.562. The van der Waals surface area contributed by atoms with Crippen LogP contribution in [0, 0.1) is 0 Å². The van der Waals surface area contributed by atoms with E-state index in [0.29, 0.717) is 17.5 Å². The third-order valence-corrected chi connectivity index (χ3v) is 11.2. The minimum atomic E-state index is 0.562. The van der Waals surface area contributed by atoms with Gasteiger partial charge in [0, 0.05) is 39.9 Å². The zero-order valence-corrected chi connectivity index (χ0v) is 33.0. The molecule has 0 radical (unpaired) electrons. The lowest BCUT2D eigenvalue weighted by Gasteiger charge is -2.13. The Kier molecular flexibility index (Phi) is 9.10. The van der Waals surface area contributed by atoms with Crippen LogP contribution < -0.4 is 0 Å². The van der Waals surface area contributed by atoms with Crippen LogP contribution in [0.5, 0.6) is 0 Å². The summed E-state index contributed by atoms with van der Waals surface area (Å²) in [6.07, 6.45) is 3.69. The highest BCUT2D eigenvalue weighted by Crippen LogP contribution is 2.39. The first-order chi connectivity index (χ1) is 30.2. The van der Waals surface area contributed by atoms with Crippen molar-refractivity contribution >= 4 is 21.9 Å². The first kappa shape index (κ1) is 35.8. The average Bonchev–Trinajstić information content (AvgIpc) is 3.73. The van der Waals surface area contributed by atoms with Crippen molar-refractivity contribution in [1.82, 2.24) is 19.9 Å². The van der Waals surface area contributed by atoms with Crippen LogP contribution in [-0.2, 0) is 0 Å². The number of hydrogen-bond donors (Lipinski definition) is 0. The molecular weight excluding hydrogens is 745 g/mol. The predicted molar refractivity (Wildman–Crippen MR) is 248 cm³/mol. The van der Waals surface area contributed by atoms with Crippen LogP contribution in [0.3, 0.4) is 0 Å². The van der Waals surface area contributed by atoms with Crippen LogP contribution in [0.2, 0.25) is 0 Å². The summed E-state index contributed by atoms with van der Waals surface area (Å²) in [6.45, 7) is 0. The molecule has 0 unspecified atom stereocenters. The Hall–Kier alpha value is -8.28. The van der Waals surface area contributed by atoms with Crippen molar-refractivity contribution < 1.29 is 4.42 Å². The van der Waals surface area contributed by atoms with E-state index in [1.807, 2.05) is 36.5 Å². The van der Waals surface area contributed by atoms with Crippen LogP contribution >= 0.6 is 0 Å². The molecule has 0 aliphatic heterocycles. The second-order valence-corrected chi connectivity index (χ2v) is 15.1. The van der Waals surface area contributed by atoms with Gasteiger partial charge in [0.1, 0.15) is 11.2 Å². The predicted octanol–water partition coefficient (Wildman–Crippen LogP) is 14.5. The summed E-state index contributed by atoms with van der Waals surface area (Å²) in [5.74, 6) is 1.74. The lowest BCUT2D eigenvalue weighted by molar-refractivity contribution is 0.669. The Morgan fingerprint density at radius 2 is 0.770 bits per heavy atom. The second-order valence-electron chi connectivity index (χ2n) is 15.1. The highest BCUT2D eigenvalue weighted by Gasteiger charge is 2.18. The van der Waals surface area contributed by atoms with E-state index in [0.717, 1.165) is 94.3 Å². The molecule has 11 aromatic rings. The number of benzene rings is 8. The SMILES string of the molecule is c1ccc(-c2ccc(-c3nc(-c4cc(-c5ccccc5)cc(-c5ccccc5)c4)nc(-c4ccc5c(c4)oc4cccc(-c6ccc(-c7cccnc7)cc6)c45)n3)cc2)cc1. The Bertz CT molecular complexity index is 3250. The number of nitrogens with zero attached hydrogens (tertiary/aromatic N) is 4. The largest absolute Gasteiger partial charge is 0.456 e. The highest BCUT2D eigenvalue weighted by molar-refractivity contribution is 6.13. The van der Waals surface area contributed by atoms with Crippen molar-refractivity contribution in [3.8, 4) is 89.8 Å². The van der Waals surface area contributed by atoms with E-state index in [-0.39, 0.29) is 0 Å². The van der Waals surface area contributed by atoms with E-state index in [1.54, 1.807) is 6.20 Å². The summed E-state index contributed by atoms with van der Waals surface area (Å²) < 4.78 is 6.60. The molecule has 5 nitrogen and oxygen atoms in total. The van der Waals surface area contributed by atoms with Gasteiger partial charge in [-0.25, -0.2) is 15.0 Å². The lowest BCUT2D eigenvalue weighted by atomic mass is 9.96. The average molecular weight is 781 g/mol. The topological polar surface area (TPSA) is 64.7 Å². The summed E-state index contributed by atoms with van der Waals surface area (Å²) >= 11 is 0. The zero-order valence-electron chi connectivity index (χ0n) is 33.0. The normalized spacial score (nSPS) is 11.3. The molecule has 0 aliphatic rings. The zero-order chi connectivity index (χ0) is 40.5. The van der Waals surface area contributed by atoms with E-state index >= 15 is 0 Å². The Labute approximate surface area is 353 Å². The van der Waals surface area contributed by atoms with Crippen LogP contribution in [-0.4, -0.2) is 19.9 Å². The van der Waals surface area contributed by atoms with Gasteiger partial charge >= 0.3 is 0 Å². The standard InChI is InChI=1S/C56H36N4O/c1-4-12-37(13-5-1)40-23-27-43(28-24-40)54-58-55(60-56(59-54)48-33-46(38-14-6-2-7-15-38)32-47(34-48)39-16-8-3-9-17-39)44-29-30-50-52(35-44)61-51-20-10-19-49(53(50)51)42-25-21-41(22-26-42)45-18-11-31-57-36-45/h1-36H. The van der Waals surface area contributed by atoms with Crippen molar-refractivity contribution in [3.63, 3.8) is 0 Å². The number of rotatable bonds is 8. The highest BCUT2D eigenvalue weighted by atomic mass is 16.3. The molecule has 11 rings (SSSR count). The van der Waals surface area contributed by atoms with Crippen molar-refractivity contribution in [2.45, 2.75) is 0 Å². The van der Waals surface area contributed by atoms with Crippen molar-refractivity contribution in [2.75, 3.05) is 0 Å². The Balaban J connectivity index is 1.05. The van der Waals surface area contributed by atoms with Gasteiger partial charge in [-0.05, 0) is 98.1 Å². The number of fused-ring (bicyclic) bond motifs is 3. The summed E-state index contributed by atoms with van der Waals surface area (Å²) in [5, 5.41) is 2.10. The fourth-order valence-corrected chi connectivity index (χ4v) is 8.14. The molecule has 0 bridgehead atoms. The first-order valence-corrected chi connectivity index (χ1v) is 20.3. The number of aromatic nitrogens is 4. The molecule has 0 fully saturated rings. The monoisotopic (exact) mass is 780 g/mol. The maximum Gasteiger partial charge on any atom is 0.164 e.